The molecule has 0 aromatic carbocycles. The van der Waals surface area contributed by atoms with Crippen LogP contribution in [0.5, 0.6) is 0 Å². The van der Waals surface area contributed by atoms with Gasteiger partial charge < -0.3 is 0 Å². The molecule has 0 radical (unpaired) electrons. The molecule has 0 saturated carbocycles. The Morgan fingerprint density at radius 3 is 2.57 bits per heavy atom. The van der Waals surface area contributed by atoms with Gasteiger partial charge in [-0.2, -0.15) is 0 Å². The van der Waals surface area contributed by atoms with Crippen LogP contribution in [0.25, 0.3) is 17.1 Å². The van der Waals surface area contributed by atoms with E-state index in [4.69, 9.17) is 9.26 Å². The molecule has 0 amide bonds. The number of allylic oxidation sites excluding steroid dienone is 2. The van der Waals surface area contributed by atoms with Crippen LogP contribution in [0.15, 0.2) is 22.2 Å². The van der Waals surface area contributed by atoms with Crippen molar-refractivity contribution in [3.8, 4) is 11.5 Å². The quantitative estimate of drug-likeness (QED) is 0.611. The van der Waals surface area contributed by atoms with Gasteiger partial charge in [-0.1, -0.05) is 0 Å². The molecule has 0 unspecified atom stereocenters. The molecule has 6 nitrogen and oxygen atoms in total. The molecular weight excluding hydrogens is 464 g/mol. The van der Waals surface area contributed by atoms with Crippen molar-refractivity contribution in [3.63, 3.8) is 0 Å². The van der Waals surface area contributed by atoms with E-state index < -0.39 is 0 Å². The van der Waals surface area contributed by atoms with E-state index in [1.807, 2.05) is 46.9 Å². The number of nitrogens with zero attached hydrogens (tertiary/aromatic N) is 4. The minimum absolute atomic E-state index is 0.497. The van der Waals surface area contributed by atoms with Gasteiger partial charge in [-0.25, -0.2) is 0 Å². The molecule has 0 N–H and O–H groups in total. The molecule has 7 heteroatoms. The first kappa shape index (κ1) is 17.7. The zero-order valence-corrected chi connectivity index (χ0v) is 17.1. The molecule has 0 aliphatic heterocycles. The van der Waals surface area contributed by atoms with Crippen LogP contribution >= 0.6 is 0 Å². The molecule has 0 spiro atoms. The molecule has 2 rings (SSSR count). The fourth-order valence-corrected chi connectivity index (χ4v) is 2.86. The second-order valence-corrected chi connectivity index (χ2v) is 6.50. The van der Waals surface area contributed by atoms with Gasteiger partial charge in [0, 0.05) is 0 Å². The summed E-state index contributed by atoms with van der Waals surface area (Å²) in [5.41, 5.74) is 4.81. The van der Waals surface area contributed by atoms with Gasteiger partial charge in [0.25, 0.3) is 0 Å². The summed E-state index contributed by atoms with van der Waals surface area (Å²) in [7, 11) is 3.55. The third-order valence-electron chi connectivity index (χ3n) is 3.60. The number of ether oxygens (including phenoxy) is 1. The third kappa shape index (κ3) is 3.65. The fraction of sp³-hybridized carbons (Fsp3) is 0.375. The molecule has 2 heterocycles. The Balaban J connectivity index is 2.37. The van der Waals surface area contributed by atoms with Crippen LogP contribution < -0.4 is 0 Å². The van der Waals surface area contributed by atoms with Crippen molar-refractivity contribution < 1.29 is 28.6 Å². The molecule has 0 aliphatic rings. The van der Waals surface area contributed by atoms with E-state index in [2.05, 4.69) is 15.2 Å². The van der Waals surface area contributed by atoms with Crippen molar-refractivity contribution in [1.29, 1.82) is 0 Å². The minimum atomic E-state index is 0.497. The Morgan fingerprint density at radius 1 is 1.35 bits per heavy atom. The zero-order valence-electron chi connectivity index (χ0n) is 14.2. The summed E-state index contributed by atoms with van der Waals surface area (Å²) in [6.07, 6.45) is 3.99. The van der Waals surface area contributed by atoms with Crippen LogP contribution in [0.2, 0.25) is 0 Å². The number of hydrogen-bond donors (Lipinski definition) is 0. The van der Waals surface area contributed by atoms with Gasteiger partial charge in [-0.3, -0.25) is 0 Å². The summed E-state index contributed by atoms with van der Waals surface area (Å²) < 4.78 is 13.4. The first-order valence-corrected chi connectivity index (χ1v) is 8.63. The monoisotopic (exact) mass is 484 g/mol. The Hall–Kier alpha value is -1.65. The van der Waals surface area contributed by atoms with Crippen LogP contribution in [-0.4, -0.2) is 31.1 Å². The van der Waals surface area contributed by atoms with Crippen molar-refractivity contribution in [2.24, 2.45) is 7.05 Å². The van der Waals surface area contributed by atoms with Gasteiger partial charge in [0.2, 0.25) is 0 Å². The Bertz CT molecular complexity index is 799. The zero-order chi connectivity index (χ0) is 17.1. The van der Waals surface area contributed by atoms with Crippen molar-refractivity contribution >= 4 is 9.66 Å². The van der Waals surface area contributed by atoms with E-state index in [1.54, 1.807) is 11.8 Å². The van der Waals surface area contributed by atoms with Gasteiger partial charge in [-0.15, -0.1) is 0 Å². The molecule has 0 aliphatic carbocycles. The van der Waals surface area contributed by atoms with Crippen LogP contribution in [0.3, 0.4) is 0 Å². The molecule has 0 bridgehead atoms. The second-order valence-electron chi connectivity index (χ2n) is 5.17. The average molecular weight is 484 g/mol. The first-order valence-electron chi connectivity index (χ1n) is 7.16. The third-order valence-corrected chi connectivity index (χ3v) is 5.05. The summed E-state index contributed by atoms with van der Waals surface area (Å²) in [4.78, 5) is 4.51. The van der Waals surface area contributed by atoms with E-state index in [0.717, 1.165) is 32.2 Å². The summed E-state index contributed by atoms with van der Waals surface area (Å²) in [5, 5.41) is 8.49. The van der Waals surface area contributed by atoms with Gasteiger partial charge in [0.1, 0.15) is 0 Å². The molecular formula is C16H20N4O2W. The predicted molar refractivity (Wildman–Crippen MR) is 85.4 cm³/mol. The summed E-state index contributed by atoms with van der Waals surface area (Å²) >= 11 is 1.27. The van der Waals surface area contributed by atoms with Gasteiger partial charge in [-0.05, 0) is 0 Å². The maximum absolute atomic E-state index is 5.42. The molecule has 2 aromatic heterocycles. The molecule has 0 fully saturated rings. The average Bonchev–Trinajstić information content (AvgIpc) is 3.09. The van der Waals surface area contributed by atoms with E-state index in [1.165, 1.54) is 19.4 Å². The normalized spacial score (nSPS) is 12.8. The van der Waals surface area contributed by atoms with Crippen molar-refractivity contribution in [3.05, 3.63) is 34.9 Å². The molecule has 0 atom stereocenters. The number of rotatable bonds is 5. The number of hydrogen-bond acceptors (Lipinski definition) is 5. The molecule has 0 saturated heterocycles. The van der Waals surface area contributed by atoms with Gasteiger partial charge >= 0.3 is 146 Å². The topological polar surface area (TPSA) is 66.0 Å². The SMILES string of the molecule is C/C=C(\C=C(/C)c1nc(-c2c(C)c(C)nn2C)no1)[C](=[W])OC. The maximum atomic E-state index is 5.42. The van der Waals surface area contributed by atoms with E-state index in [0.29, 0.717) is 11.7 Å². The first-order chi connectivity index (χ1) is 10.9. The number of aromatic nitrogens is 4. The number of aryl methyl sites for hydroxylation is 2. The van der Waals surface area contributed by atoms with Gasteiger partial charge in [0.15, 0.2) is 0 Å². The van der Waals surface area contributed by atoms with Crippen LogP contribution in [0.1, 0.15) is 31.0 Å². The summed E-state index contributed by atoms with van der Waals surface area (Å²) in [6.45, 7) is 7.89. The molecule has 2 aromatic rings. The van der Waals surface area contributed by atoms with Gasteiger partial charge in [0.05, 0.1) is 0 Å². The molecule has 122 valence electrons. The van der Waals surface area contributed by atoms with E-state index >= 15 is 0 Å². The summed E-state index contributed by atoms with van der Waals surface area (Å²) in [5.74, 6) is 1.05. The van der Waals surface area contributed by atoms with Crippen molar-refractivity contribution in [2.45, 2.75) is 27.7 Å². The van der Waals surface area contributed by atoms with Crippen LogP contribution in [0.4, 0.5) is 0 Å². The predicted octanol–water partition coefficient (Wildman–Crippen LogP) is 2.76. The van der Waals surface area contributed by atoms with Crippen LogP contribution in [0, 0.1) is 13.8 Å². The van der Waals surface area contributed by atoms with Crippen molar-refractivity contribution in [1.82, 2.24) is 19.9 Å². The van der Waals surface area contributed by atoms with E-state index in [-0.39, 0.29) is 0 Å². The van der Waals surface area contributed by atoms with Crippen LogP contribution in [-0.2, 0) is 31.1 Å². The standard InChI is InChI=1S/C16H20N4O2.W/c1-7-13(9-21-6)8-10(2)16-17-15(19-22-16)14-11(3)12(4)18-20(14)5;/h7-8H,1-6H3;/b10-8+,13-7+;. The second kappa shape index (κ2) is 7.28. The molecule has 23 heavy (non-hydrogen) atoms. The Kier molecular flexibility index (Phi) is 5.60. The summed E-state index contributed by atoms with van der Waals surface area (Å²) in [6, 6.07) is 0. The fourth-order valence-electron chi connectivity index (χ4n) is 2.23. The Morgan fingerprint density at radius 2 is 2.04 bits per heavy atom. The number of methoxy groups -OCH3 is 1. The van der Waals surface area contributed by atoms with Crippen molar-refractivity contribution in [2.75, 3.05) is 7.11 Å². The van der Waals surface area contributed by atoms with E-state index in [9.17, 15) is 0 Å². The Labute approximate surface area is 146 Å².